The first kappa shape index (κ1) is 15.5. The van der Waals surface area contributed by atoms with E-state index in [2.05, 4.69) is 37.2 Å². The van der Waals surface area contributed by atoms with Gasteiger partial charge >= 0.3 is 0 Å². The molecule has 0 aliphatic heterocycles. The molecule has 0 radical (unpaired) electrons. The summed E-state index contributed by atoms with van der Waals surface area (Å²) in [5, 5.41) is 3.03. The molecule has 0 aromatic carbocycles. The van der Waals surface area contributed by atoms with E-state index in [0.29, 0.717) is 10.8 Å². The fourth-order valence-electron chi connectivity index (χ4n) is 1.41. The third kappa shape index (κ3) is 3.69. The lowest BCUT2D eigenvalue weighted by atomic mass is 9.95. The van der Waals surface area contributed by atoms with Crippen molar-refractivity contribution < 1.29 is 4.79 Å². The minimum Gasteiger partial charge on any atom is -0.345 e. The molecule has 0 bridgehead atoms. The lowest BCUT2D eigenvalue weighted by Crippen LogP contribution is -2.49. The fraction of sp³-hybridized carbons (Fsp3) is 0.545. The van der Waals surface area contributed by atoms with Crippen LogP contribution in [0.1, 0.15) is 36.4 Å². The number of hydrogen-bond acceptors (Lipinski definition) is 2. The zero-order valence-corrected chi connectivity index (χ0v) is 14.4. The molecule has 1 aromatic heterocycles. The van der Waals surface area contributed by atoms with E-state index in [0.717, 1.165) is 21.1 Å². The van der Waals surface area contributed by atoms with Crippen LogP contribution in [0.25, 0.3) is 0 Å². The van der Waals surface area contributed by atoms with Gasteiger partial charge in [-0.2, -0.15) is 0 Å². The first-order valence-corrected chi connectivity index (χ1v) is 8.25. The highest BCUT2D eigenvalue weighted by Gasteiger charge is 2.28. The van der Waals surface area contributed by atoms with Gasteiger partial charge in [-0.25, -0.2) is 0 Å². The maximum absolute atomic E-state index is 12.1. The number of amides is 1. The minimum absolute atomic E-state index is 0.0641. The Labute approximate surface area is 127 Å². The summed E-state index contributed by atoms with van der Waals surface area (Å²) in [6, 6.07) is 1.81. The van der Waals surface area contributed by atoms with Gasteiger partial charge < -0.3 is 5.32 Å². The van der Waals surface area contributed by atoms with Gasteiger partial charge in [-0.05, 0) is 50.8 Å². The maximum Gasteiger partial charge on any atom is 0.261 e. The van der Waals surface area contributed by atoms with E-state index in [1.165, 1.54) is 11.3 Å². The van der Waals surface area contributed by atoms with Gasteiger partial charge in [0.05, 0.1) is 14.2 Å². The highest BCUT2D eigenvalue weighted by Crippen LogP contribution is 2.32. The molecule has 0 aliphatic rings. The van der Waals surface area contributed by atoms with Gasteiger partial charge in [-0.1, -0.05) is 13.8 Å². The van der Waals surface area contributed by atoms with Gasteiger partial charge in [0.25, 0.3) is 5.91 Å². The third-order valence-corrected chi connectivity index (χ3v) is 6.62. The molecular formula is C11H14Br2ClNOS. The van der Waals surface area contributed by atoms with E-state index in [-0.39, 0.29) is 11.4 Å². The normalized spacial score (nSPS) is 11.6. The standard InChI is InChI=1S/C11H14Br2ClNOS/c1-3-11(4-2,6-14)15-10(16)8-5-7(12)9(13)17-8/h5H,3-4,6H2,1-2H3,(H,15,16). The summed E-state index contributed by atoms with van der Waals surface area (Å²) in [5.41, 5.74) is -0.304. The highest BCUT2D eigenvalue weighted by atomic mass is 79.9. The van der Waals surface area contributed by atoms with Crippen molar-refractivity contribution in [3.05, 3.63) is 19.2 Å². The van der Waals surface area contributed by atoms with E-state index in [4.69, 9.17) is 11.6 Å². The molecule has 1 N–H and O–H groups in total. The Kier molecular flexibility index (Phi) is 5.96. The Morgan fingerprint density at radius 1 is 1.47 bits per heavy atom. The Bertz CT molecular complexity index is 376. The topological polar surface area (TPSA) is 29.1 Å². The van der Waals surface area contributed by atoms with Gasteiger partial charge in [0.15, 0.2) is 0 Å². The second kappa shape index (κ2) is 6.55. The summed E-state index contributed by atoms with van der Waals surface area (Å²) in [7, 11) is 0. The summed E-state index contributed by atoms with van der Waals surface area (Å²) in [6.07, 6.45) is 1.65. The molecule has 0 atom stereocenters. The fourth-order valence-corrected chi connectivity index (χ4v) is 3.79. The van der Waals surface area contributed by atoms with Crippen LogP contribution in [0, 0.1) is 0 Å². The predicted octanol–water partition coefficient (Wildman–Crippen LogP) is 4.80. The Balaban J connectivity index is 2.84. The molecule has 1 amide bonds. The van der Waals surface area contributed by atoms with Gasteiger partial charge in [0.1, 0.15) is 0 Å². The van der Waals surface area contributed by atoms with Crippen LogP contribution in [0.5, 0.6) is 0 Å². The van der Waals surface area contributed by atoms with Crippen LogP contribution in [-0.4, -0.2) is 17.3 Å². The van der Waals surface area contributed by atoms with Crippen LogP contribution < -0.4 is 5.32 Å². The average Bonchev–Trinajstić information content (AvgIpc) is 2.67. The zero-order chi connectivity index (χ0) is 13.1. The number of rotatable bonds is 5. The number of carbonyl (C=O) groups is 1. The average molecular weight is 404 g/mol. The Morgan fingerprint density at radius 2 is 2.06 bits per heavy atom. The SMILES string of the molecule is CCC(CC)(CCl)NC(=O)c1cc(Br)c(Br)s1. The number of nitrogens with one attached hydrogen (secondary N) is 1. The largest absolute Gasteiger partial charge is 0.345 e. The van der Waals surface area contributed by atoms with Crippen molar-refractivity contribution in [2.75, 3.05) is 5.88 Å². The van der Waals surface area contributed by atoms with Crippen molar-refractivity contribution in [1.29, 1.82) is 0 Å². The number of thiophene rings is 1. The molecule has 2 nitrogen and oxygen atoms in total. The van der Waals surface area contributed by atoms with E-state index in [1.807, 2.05) is 19.9 Å². The molecule has 96 valence electrons. The summed E-state index contributed by atoms with van der Waals surface area (Å²) >= 11 is 14.1. The van der Waals surface area contributed by atoms with Gasteiger partial charge in [0.2, 0.25) is 0 Å². The molecule has 1 aromatic rings. The molecule has 0 fully saturated rings. The van der Waals surface area contributed by atoms with E-state index in [1.54, 1.807) is 0 Å². The van der Waals surface area contributed by atoms with Crippen molar-refractivity contribution in [3.63, 3.8) is 0 Å². The number of alkyl halides is 1. The van der Waals surface area contributed by atoms with Gasteiger partial charge in [-0.15, -0.1) is 22.9 Å². The molecule has 1 rings (SSSR count). The van der Waals surface area contributed by atoms with E-state index in [9.17, 15) is 4.79 Å². The molecule has 0 saturated heterocycles. The predicted molar refractivity (Wildman–Crippen MR) is 81.2 cm³/mol. The van der Waals surface area contributed by atoms with Gasteiger partial charge in [0, 0.05) is 10.4 Å². The van der Waals surface area contributed by atoms with Crippen molar-refractivity contribution in [1.82, 2.24) is 5.32 Å². The zero-order valence-electron chi connectivity index (χ0n) is 9.65. The molecule has 0 spiro atoms. The van der Waals surface area contributed by atoms with Crippen LogP contribution in [-0.2, 0) is 0 Å². The molecule has 0 saturated carbocycles. The summed E-state index contributed by atoms with van der Waals surface area (Å²) in [4.78, 5) is 12.8. The first-order valence-electron chi connectivity index (χ1n) is 5.31. The number of halogens is 3. The first-order chi connectivity index (χ1) is 7.98. The smallest absolute Gasteiger partial charge is 0.261 e. The van der Waals surface area contributed by atoms with Gasteiger partial charge in [-0.3, -0.25) is 4.79 Å². The van der Waals surface area contributed by atoms with Crippen molar-refractivity contribution in [3.8, 4) is 0 Å². The summed E-state index contributed by atoms with van der Waals surface area (Å²) in [5.74, 6) is 0.366. The van der Waals surface area contributed by atoms with Crippen LogP contribution in [0.15, 0.2) is 14.3 Å². The van der Waals surface area contributed by atoms with Crippen LogP contribution in [0.4, 0.5) is 0 Å². The molecule has 6 heteroatoms. The molecule has 0 unspecified atom stereocenters. The van der Waals surface area contributed by atoms with Crippen LogP contribution in [0.3, 0.4) is 0 Å². The van der Waals surface area contributed by atoms with Crippen LogP contribution in [0.2, 0.25) is 0 Å². The van der Waals surface area contributed by atoms with E-state index < -0.39 is 0 Å². The van der Waals surface area contributed by atoms with Crippen molar-refractivity contribution in [2.24, 2.45) is 0 Å². The highest BCUT2D eigenvalue weighted by molar-refractivity contribution is 9.13. The number of hydrogen-bond donors (Lipinski definition) is 1. The minimum atomic E-state index is -0.304. The summed E-state index contributed by atoms with van der Waals surface area (Å²) < 4.78 is 1.82. The maximum atomic E-state index is 12.1. The molecular weight excluding hydrogens is 389 g/mol. The lowest BCUT2D eigenvalue weighted by Gasteiger charge is -2.30. The molecule has 1 heterocycles. The lowest BCUT2D eigenvalue weighted by molar-refractivity contribution is 0.0906. The third-order valence-electron chi connectivity index (χ3n) is 2.86. The molecule has 17 heavy (non-hydrogen) atoms. The quantitative estimate of drug-likeness (QED) is 0.703. The van der Waals surface area contributed by atoms with E-state index >= 15 is 0 Å². The van der Waals surface area contributed by atoms with Crippen molar-refractivity contribution >= 4 is 60.7 Å². The molecule has 0 aliphatic carbocycles. The summed E-state index contributed by atoms with van der Waals surface area (Å²) in [6.45, 7) is 4.07. The second-order valence-electron chi connectivity index (χ2n) is 3.81. The Morgan fingerprint density at radius 3 is 2.41 bits per heavy atom. The van der Waals surface area contributed by atoms with Crippen molar-refractivity contribution in [2.45, 2.75) is 32.2 Å². The monoisotopic (exact) mass is 401 g/mol. The Hall–Kier alpha value is 0.420. The number of carbonyl (C=O) groups excluding carboxylic acids is 1. The second-order valence-corrected chi connectivity index (χ2v) is 7.30. The van der Waals surface area contributed by atoms with Crippen LogP contribution >= 0.6 is 54.8 Å².